The maximum absolute atomic E-state index is 6.14. The van der Waals surface area contributed by atoms with E-state index in [2.05, 4.69) is 17.1 Å². The standard InChI is InChI=1S/C11H11Cl2N3/c1-2-6-16-7-14-15-11(16)8-4-3-5-9(12)10(8)13/h3-5,7H,2,6H2,1H3. The van der Waals surface area contributed by atoms with E-state index < -0.39 is 0 Å². The second-order valence-corrected chi connectivity index (χ2v) is 4.23. The molecule has 0 aliphatic carbocycles. The summed E-state index contributed by atoms with van der Waals surface area (Å²) < 4.78 is 1.97. The van der Waals surface area contributed by atoms with Crippen LogP contribution in [0.3, 0.4) is 0 Å². The Bertz CT molecular complexity index is 494. The van der Waals surface area contributed by atoms with Crippen LogP contribution in [0.1, 0.15) is 13.3 Å². The van der Waals surface area contributed by atoms with Crippen molar-refractivity contribution in [3.05, 3.63) is 34.6 Å². The average Bonchev–Trinajstić information content (AvgIpc) is 2.71. The molecule has 0 N–H and O–H groups in total. The summed E-state index contributed by atoms with van der Waals surface area (Å²) in [5.41, 5.74) is 0.820. The van der Waals surface area contributed by atoms with Crippen LogP contribution in [0.2, 0.25) is 10.0 Å². The highest BCUT2D eigenvalue weighted by Crippen LogP contribution is 2.32. The highest BCUT2D eigenvalue weighted by molar-refractivity contribution is 6.43. The zero-order valence-electron chi connectivity index (χ0n) is 8.82. The van der Waals surface area contributed by atoms with Crippen LogP contribution in [0.4, 0.5) is 0 Å². The lowest BCUT2D eigenvalue weighted by molar-refractivity contribution is 0.683. The van der Waals surface area contributed by atoms with Crippen LogP contribution in [0, 0.1) is 0 Å². The predicted octanol–water partition coefficient (Wildman–Crippen LogP) is 3.66. The first-order valence-electron chi connectivity index (χ1n) is 5.06. The van der Waals surface area contributed by atoms with E-state index in [1.54, 1.807) is 12.4 Å². The number of rotatable bonds is 3. The number of benzene rings is 1. The molecule has 1 aromatic carbocycles. The molecular weight excluding hydrogens is 245 g/mol. The fraction of sp³-hybridized carbons (Fsp3) is 0.273. The van der Waals surface area contributed by atoms with Crippen molar-refractivity contribution in [3.8, 4) is 11.4 Å². The van der Waals surface area contributed by atoms with Gasteiger partial charge in [-0.3, -0.25) is 0 Å². The third-order valence-corrected chi connectivity index (χ3v) is 3.09. The second-order valence-electron chi connectivity index (χ2n) is 3.45. The molecule has 1 heterocycles. The van der Waals surface area contributed by atoms with Crippen LogP contribution in [-0.2, 0) is 6.54 Å². The van der Waals surface area contributed by atoms with E-state index in [-0.39, 0.29) is 0 Å². The Balaban J connectivity index is 2.50. The van der Waals surface area contributed by atoms with Crippen molar-refractivity contribution in [2.24, 2.45) is 0 Å². The third kappa shape index (κ3) is 2.06. The van der Waals surface area contributed by atoms with Crippen LogP contribution >= 0.6 is 23.2 Å². The molecule has 0 saturated carbocycles. The summed E-state index contributed by atoms with van der Waals surface area (Å²) >= 11 is 12.1. The normalized spacial score (nSPS) is 10.7. The van der Waals surface area contributed by atoms with E-state index in [4.69, 9.17) is 23.2 Å². The maximum atomic E-state index is 6.14. The van der Waals surface area contributed by atoms with E-state index in [1.165, 1.54) is 0 Å². The fourth-order valence-electron chi connectivity index (χ4n) is 1.54. The van der Waals surface area contributed by atoms with E-state index in [0.29, 0.717) is 10.0 Å². The zero-order chi connectivity index (χ0) is 11.5. The zero-order valence-corrected chi connectivity index (χ0v) is 10.3. The minimum Gasteiger partial charge on any atom is -0.314 e. The minimum absolute atomic E-state index is 0.523. The van der Waals surface area contributed by atoms with Crippen molar-refractivity contribution in [1.82, 2.24) is 14.8 Å². The van der Waals surface area contributed by atoms with Crippen LogP contribution < -0.4 is 0 Å². The first kappa shape index (κ1) is 11.4. The molecule has 0 aliphatic heterocycles. The smallest absolute Gasteiger partial charge is 0.165 e. The van der Waals surface area contributed by atoms with Crippen LogP contribution in [-0.4, -0.2) is 14.8 Å². The summed E-state index contributed by atoms with van der Waals surface area (Å²) in [5.74, 6) is 0.759. The van der Waals surface area contributed by atoms with Gasteiger partial charge in [0.15, 0.2) is 5.82 Å². The molecule has 5 heteroatoms. The van der Waals surface area contributed by atoms with Gasteiger partial charge in [0, 0.05) is 12.1 Å². The number of aryl methyl sites for hydroxylation is 1. The molecule has 16 heavy (non-hydrogen) atoms. The van der Waals surface area contributed by atoms with Gasteiger partial charge in [0.05, 0.1) is 10.0 Å². The van der Waals surface area contributed by atoms with Gasteiger partial charge in [-0.1, -0.05) is 36.2 Å². The van der Waals surface area contributed by atoms with Gasteiger partial charge in [0.25, 0.3) is 0 Å². The Labute approximate surface area is 104 Å². The SMILES string of the molecule is CCCn1cnnc1-c1cccc(Cl)c1Cl. The first-order valence-corrected chi connectivity index (χ1v) is 5.81. The Hall–Kier alpha value is -1.06. The monoisotopic (exact) mass is 255 g/mol. The fourth-order valence-corrected chi connectivity index (χ4v) is 1.93. The van der Waals surface area contributed by atoms with Crippen molar-refractivity contribution >= 4 is 23.2 Å². The highest BCUT2D eigenvalue weighted by atomic mass is 35.5. The largest absolute Gasteiger partial charge is 0.314 e. The van der Waals surface area contributed by atoms with Gasteiger partial charge in [-0.2, -0.15) is 0 Å². The van der Waals surface area contributed by atoms with Crippen molar-refractivity contribution in [2.75, 3.05) is 0 Å². The van der Waals surface area contributed by atoms with Crippen molar-refractivity contribution in [3.63, 3.8) is 0 Å². The number of nitrogens with zero attached hydrogens (tertiary/aromatic N) is 3. The molecule has 3 nitrogen and oxygen atoms in total. The number of halogens is 2. The molecule has 2 aromatic rings. The van der Waals surface area contributed by atoms with Gasteiger partial charge >= 0.3 is 0 Å². The average molecular weight is 256 g/mol. The van der Waals surface area contributed by atoms with Crippen molar-refractivity contribution < 1.29 is 0 Å². The lowest BCUT2D eigenvalue weighted by Gasteiger charge is -2.07. The molecule has 2 rings (SSSR count). The third-order valence-electron chi connectivity index (χ3n) is 2.27. The van der Waals surface area contributed by atoms with Gasteiger partial charge in [-0.25, -0.2) is 0 Å². The number of hydrogen-bond acceptors (Lipinski definition) is 2. The van der Waals surface area contributed by atoms with Crippen molar-refractivity contribution in [1.29, 1.82) is 0 Å². The first-order chi connectivity index (χ1) is 7.74. The lowest BCUT2D eigenvalue weighted by Crippen LogP contribution is -1.98. The summed E-state index contributed by atoms with van der Waals surface area (Å²) in [7, 11) is 0. The van der Waals surface area contributed by atoms with Gasteiger partial charge in [0.2, 0.25) is 0 Å². The van der Waals surface area contributed by atoms with E-state index in [0.717, 1.165) is 24.4 Å². The molecule has 84 valence electrons. The summed E-state index contributed by atoms with van der Waals surface area (Å²) in [4.78, 5) is 0. The number of aromatic nitrogens is 3. The van der Waals surface area contributed by atoms with E-state index in [1.807, 2.05) is 16.7 Å². The second kappa shape index (κ2) is 4.85. The quantitative estimate of drug-likeness (QED) is 0.838. The van der Waals surface area contributed by atoms with Gasteiger partial charge in [-0.15, -0.1) is 10.2 Å². The predicted molar refractivity (Wildman–Crippen MR) is 65.8 cm³/mol. The molecule has 0 fully saturated rings. The van der Waals surface area contributed by atoms with Gasteiger partial charge in [0.1, 0.15) is 6.33 Å². The summed E-state index contributed by atoms with van der Waals surface area (Å²) in [6.07, 6.45) is 2.72. The van der Waals surface area contributed by atoms with E-state index in [9.17, 15) is 0 Å². The van der Waals surface area contributed by atoms with Crippen molar-refractivity contribution in [2.45, 2.75) is 19.9 Å². The molecule has 0 spiro atoms. The van der Waals surface area contributed by atoms with E-state index >= 15 is 0 Å². The summed E-state index contributed by atoms with van der Waals surface area (Å²) in [6.45, 7) is 2.97. The molecule has 1 aromatic heterocycles. The highest BCUT2D eigenvalue weighted by Gasteiger charge is 2.12. The van der Waals surface area contributed by atoms with Crippen LogP contribution in [0.5, 0.6) is 0 Å². The molecular formula is C11H11Cl2N3. The molecule has 0 atom stereocenters. The Morgan fingerprint density at radius 1 is 1.31 bits per heavy atom. The summed E-state index contributed by atoms with van der Waals surface area (Å²) in [6, 6.07) is 5.51. The van der Waals surface area contributed by atoms with Gasteiger partial charge in [-0.05, 0) is 18.6 Å². The Morgan fingerprint density at radius 3 is 2.88 bits per heavy atom. The number of hydrogen-bond donors (Lipinski definition) is 0. The molecule has 0 saturated heterocycles. The molecule has 0 unspecified atom stereocenters. The molecule has 0 radical (unpaired) electrons. The lowest BCUT2D eigenvalue weighted by atomic mass is 10.2. The minimum atomic E-state index is 0.523. The Kier molecular flexibility index (Phi) is 3.46. The topological polar surface area (TPSA) is 30.7 Å². The van der Waals surface area contributed by atoms with Gasteiger partial charge < -0.3 is 4.57 Å². The molecule has 0 bridgehead atoms. The Morgan fingerprint density at radius 2 is 2.12 bits per heavy atom. The summed E-state index contributed by atoms with van der Waals surface area (Å²) in [5, 5.41) is 9.03. The molecule has 0 aliphatic rings. The molecule has 0 amide bonds. The van der Waals surface area contributed by atoms with Crippen LogP contribution in [0.15, 0.2) is 24.5 Å². The maximum Gasteiger partial charge on any atom is 0.165 e. The van der Waals surface area contributed by atoms with Crippen LogP contribution in [0.25, 0.3) is 11.4 Å².